The number of thiophene rings is 1. The molecule has 0 radical (unpaired) electrons. The van der Waals surface area contributed by atoms with Gasteiger partial charge in [0, 0.05) is 11.3 Å². The van der Waals surface area contributed by atoms with Gasteiger partial charge in [0.2, 0.25) is 5.91 Å². The summed E-state index contributed by atoms with van der Waals surface area (Å²) in [7, 11) is 0. The molecule has 0 saturated carbocycles. The normalized spacial score (nSPS) is 18.7. The van der Waals surface area contributed by atoms with Gasteiger partial charge in [0.05, 0.1) is 6.04 Å². The largest absolute Gasteiger partial charge is 0.348 e. The number of nitrogens with one attached hydrogen (secondary N) is 2. The number of carbonyl (C=O) groups is 1. The quantitative estimate of drug-likeness (QED) is 0.816. The van der Waals surface area contributed by atoms with E-state index in [1.165, 1.54) is 16.9 Å². The fourth-order valence-corrected chi connectivity index (χ4v) is 3.90. The number of hydrogen-bond donors (Lipinski definition) is 2. The van der Waals surface area contributed by atoms with Crippen molar-refractivity contribution in [2.75, 3.05) is 13.1 Å². The van der Waals surface area contributed by atoms with E-state index in [4.69, 9.17) is 0 Å². The Morgan fingerprint density at radius 2 is 2.13 bits per heavy atom. The number of hydrogen-bond acceptors (Lipinski definition) is 3. The zero-order chi connectivity index (χ0) is 15.9. The van der Waals surface area contributed by atoms with Crippen LogP contribution < -0.4 is 10.6 Å². The highest BCUT2D eigenvalue weighted by atomic mass is 32.1. The van der Waals surface area contributed by atoms with Crippen molar-refractivity contribution in [1.29, 1.82) is 0 Å². The van der Waals surface area contributed by atoms with Crippen LogP contribution in [0.1, 0.15) is 35.7 Å². The predicted octanol–water partition coefficient (Wildman–Crippen LogP) is 3.54. The van der Waals surface area contributed by atoms with Crippen LogP contribution in [0.5, 0.6) is 0 Å². The second kappa shape index (κ2) is 8.27. The fourth-order valence-electron chi connectivity index (χ4n) is 3.12. The molecule has 1 aliphatic rings. The molecule has 2 aromatic rings. The first-order chi connectivity index (χ1) is 11.3. The molecule has 1 fully saturated rings. The molecule has 3 nitrogen and oxygen atoms in total. The highest BCUT2D eigenvalue weighted by Gasteiger charge is 2.19. The lowest BCUT2D eigenvalue weighted by molar-refractivity contribution is -0.122. The molecule has 1 aromatic carbocycles. The molecule has 4 heteroatoms. The average molecular weight is 328 g/mol. The zero-order valence-corrected chi connectivity index (χ0v) is 14.1. The summed E-state index contributed by atoms with van der Waals surface area (Å²) in [6, 6.07) is 14.6. The van der Waals surface area contributed by atoms with Crippen LogP contribution in [0.25, 0.3) is 0 Å². The van der Waals surface area contributed by atoms with E-state index in [9.17, 15) is 4.79 Å². The van der Waals surface area contributed by atoms with Gasteiger partial charge < -0.3 is 10.6 Å². The maximum atomic E-state index is 12.4. The number of benzene rings is 1. The van der Waals surface area contributed by atoms with E-state index >= 15 is 0 Å². The minimum absolute atomic E-state index is 0.0756. The standard InChI is InChI=1S/C19H24N2OS/c22-19(9-8-16-10-11-20-14-16)21-17(18-7-4-12-23-18)13-15-5-2-1-3-6-15/h1-7,12,16-17,20H,8-11,13-14H2,(H,21,22). The molecular weight excluding hydrogens is 304 g/mol. The number of amides is 1. The van der Waals surface area contributed by atoms with Crippen LogP contribution in [0.3, 0.4) is 0 Å². The zero-order valence-electron chi connectivity index (χ0n) is 13.3. The van der Waals surface area contributed by atoms with Gasteiger partial charge in [0.1, 0.15) is 0 Å². The van der Waals surface area contributed by atoms with Crippen molar-refractivity contribution in [2.45, 2.75) is 31.7 Å². The number of rotatable bonds is 7. The van der Waals surface area contributed by atoms with E-state index in [1.54, 1.807) is 11.3 Å². The van der Waals surface area contributed by atoms with Crippen LogP contribution in [-0.4, -0.2) is 19.0 Å². The van der Waals surface area contributed by atoms with E-state index in [0.717, 1.165) is 25.9 Å². The summed E-state index contributed by atoms with van der Waals surface area (Å²) in [6.45, 7) is 2.16. The summed E-state index contributed by atoms with van der Waals surface area (Å²) in [4.78, 5) is 13.6. The lowest BCUT2D eigenvalue weighted by atomic mass is 10.0. The van der Waals surface area contributed by atoms with Gasteiger partial charge in [-0.05, 0) is 55.3 Å². The molecule has 2 atom stereocenters. The fraction of sp³-hybridized carbons (Fsp3) is 0.421. The molecule has 1 saturated heterocycles. The van der Waals surface area contributed by atoms with Crippen LogP contribution in [-0.2, 0) is 11.2 Å². The third-order valence-corrected chi connectivity index (χ3v) is 5.43. The molecule has 0 bridgehead atoms. The van der Waals surface area contributed by atoms with Crippen molar-refractivity contribution in [3.8, 4) is 0 Å². The Balaban J connectivity index is 1.58. The average Bonchev–Trinajstić information content (AvgIpc) is 3.27. The molecule has 2 heterocycles. The molecule has 3 rings (SSSR count). The summed E-state index contributed by atoms with van der Waals surface area (Å²) in [5.41, 5.74) is 1.26. The highest BCUT2D eigenvalue weighted by molar-refractivity contribution is 7.10. The van der Waals surface area contributed by atoms with Gasteiger partial charge in [-0.25, -0.2) is 0 Å². The summed E-state index contributed by atoms with van der Waals surface area (Å²) in [5, 5.41) is 8.68. The molecule has 0 spiro atoms. The van der Waals surface area contributed by atoms with Gasteiger partial charge in [0.15, 0.2) is 0 Å². The summed E-state index contributed by atoms with van der Waals surface area (Å²) >= 11 is 1.71. The molecule has 2 N–H and O–H groups in total. The molecular formula is C19H24N2OS. The second-order valence-electron chi connectivity index (χ2n) is 6.22. The predicted molar refractivity (Wildman–Crippen MR) is 95.6 cm³/mol. The molecule has 23 heavy (non-hydrogen) atoms. The van der Waals surface area contributed by atoms with Crippen LogP contribution in [0.4, 0.5) is 0 Å². The van der Waals surface area contributed by atoms with E-state index in [2.05, 4.69) is 46.3 Å². The number of carbonyl (C=O) groups excluding carboxylic acids is 1. The summed E-state index contributed by atoms with van der Waals surface area (Å²) < 4.78 is 0. The first-order valence-electron chi connectivity index (χ1n) is 8.38. The third kappa shape index (κ3) is 4.91. The van der Waals surface area contributed by atoms with Crippen molar-refractivity contribution in [3.63, 3.8) is 0 Å². The molecule has 1 amide bonds. The minimum atomic E-state index is 0.0756. The van der Waals surface area contributed by atoms with Crippen molar-refractivity contribution >= 4 is 17.2 Å². The Kier molecular flexibility index (Phi) is 5.83. The Bertz CT molecular complexity index is 591. The lowest BCUT2D eigenvalue weighted by Gasteiger charge is -2.18. The van der Waals surface area contributed by atoms with E-state index in [-0.39, 0.29) is 11.9 Å². The first kappa shape index (κ1) is 16.2. The van der Waals surface area contributed by atoms with Crippen LogP contribution in [0, 0.1) is 5.92 Å². The SMILES string of the molecule is O=C(CCC1CCNC1)NC(Cc1ccccc1)c1cccs1. The van der Waals surface area contributed by atoms with Crippen molar-refractivity contribution in [1.82, 2.24) is 10.6 Å². The second-order valence-corrected chi connectivity index (χ2v) is 7.20. The highest BCUT2D eigenvalue weighted by Crippen LogP contribution is 2.23. The topological polar surface area (TPSA) is 41.1 Å². The van der Waals surface area contributed by atoms with Crippen LogP contribution in [0.2, 0.25) is 0 Å². The van der Waals surface area contributed by atoms with Gasteiger partial charge in [-0.3, -0.25) is 4.79 Å². The van der Waals surface area contributed by atoms with Crippen molar-refractivity contribution in [3.05, 3.63) is 58.3 Å². The van der Waals surface area contributed by atoms with Gasteiger partial charge in [-0.15, -0.1) is 11.3 Å². The third-order valence-electron chi connectivity index (χ3n) is 4.45. The monoisotopic (exact) mass is 328 g/mol. The van der Waals surface area contributed by atoms with Gasteiger partial charge >= 0.3 is 0 Å². The molecule has 0 aliphatic carbocycles. The van der Waals surface area contributed by atoms with Crippen molar-refractivity contribution < 1.29 is 4.79 Å². The van der Waals surface area contributed by atoms with E-state index in [1.807, 2.05) is 12.1 Å². The van der Waals surface area contributed by atoms with Crippen molar-refractivity contribution in [2.24, 2.45) is 5.92 Å². The smallest absolute Gasteiger partial charge is 0.220 e. The van der Waals surface area contributed by atoms with Crippen LogP contribution in [0.15, 0.2) is 47.8 Å². The Labute approximate surface area is 142 Å². The maximum absolute atomic E-state index is 12.4. The lowest BCUT2D eigenvalue weighted by Crippen LogP contribution is -2.29. The Morgan fingerprint density at radius 3 is 2.83 bits per heavy atom. The maximum Gasteiger partial charge on any atom is 0.220 e. The Hall–Kier alpha value is -1.65. The minimum Gasteiger partial charge on any atom is -0.348 e. The summed E-state index contributed by atoms with van der Waals surface area (Å²) in [5.74, 6) is 0.835. The van der Waals surface area contributed by atoms with E-state index < -0.39 is 0 Å². The van der Waals surface area contributed by atoms with Gasteiger partial charge in [-0.2, -0.15) is 0 Å². The van der Waals surface area contributed by atoms with E-state index in [0.29, 0.717) is 12.3 Å². The Morgan fingerprint density at radius 1 is 1.26 bits per heavy atom. The molecule has 122 valence electrons. The molecule has 1 aliphatic heterocycles. The molecule has 1 aromatic heterocycles. The first-order valence-corrected chi connectivity index (χ1v) is 9.26. The van der Waals surface area contributed by atoms with Gasteiger partial charge in [0.25, 0.3) is 0 Å². The summed E-state index contributed by atoms with van der Waals surface area (Å²) in [6.07, 6.45) is 3.66. The van der Waals surface area contributed by atoms with Gasteiger partial charge in [-0.1, -0.05) is 36.4 Å². The van der Waals surface area contributed by atoms with Crippen LogP contribution >= 0.6 is 11.3 Å². The molecule has 2 unspecified atom stereocenters.